The highest BCUT2D eigenvalue weighted by atomic mass is 16.5. The summed E-state index contributed by atoms with van der Waals surface area (Å²) in [5.74, 6) is -0.305. The summed E-state index contributed by atoms with van der Waals surface area (Å²) in [6.07, 6.45) is 0. The van der Waals surface area contributed by atoms with Gasteiger partial charge in [0.15, 0.2) is 0 Å². The molecule has 0 aliphatic carbocycles. The molecule has 3 aromatic carbocycles. The van der Waals surface area contributed by atoms with Crippen molar-refractivity contribution in [3.05, 3.63) is 66.2 Å². The molecule has 0 saturated carbocycles. The minimum atomic E-state index is -1.03. The van der Waals surface area contributed by atoms with Crippen molar-refractivity contribution in [3.8, 4) is 5.75 Å². The number of aromatic carboxylic acids is 1. The van der Waals surface area contributed by atoms with Gasteiger partial charge in [-0.1, -0.05) is 24.3 Å². The molecule has 0 aliphatic rings. The van der Waals surface area contributed by atoms with E-state index in [1.54, 1.807) is 43.5 Å². The van der Waals surface area contributed by atoms with E-state index in [1.807, 2.05) is 24.3 Å². The molecule has 0 aliphatic heterocycles. The molecule has 0 amide bonds. The fourth-order valence-electron chi connectivity index (χ4n) is 2.24. The Kier molecular flexibility index (Phi) is 4.01. The minimum absolute atomic E-state index is 0.126. The van der Waals surface area contributed by atoms with E-state index in [-0.39, 0.29) is 5.56 Å². The zero-order chi connectivity index (χ0) is 16.2. The molecule has 0 heterocycles. The molecular weight excluding hydrogens is 292 g/mol. The van der Waals surface area contributed by atoms with Gasteiger partial charge in [-0.15, -0.1) is 5.11 Å². The van der Waals surface area contributed by atoms with Crippen LogP contribution in [0.15, 0.2) is 70.9 Å². The molecule has 114 valence electrons. The van der Waals surface area contributed by atoms with E-state index in [9.17, 15) is 9.90 Å². The van der Waals surface area contributed by atoms with E-state index in [0.29, 0.717) is 11.4 Å². The van der Waals surface area contributed by atoms with Crippen LogP contribution in [0.3, 0.4) is 0 Å². The lowest BCUT2D eigenvalue weighted by Gasteiger charge is -2.04. The molecule has 0 aromatic heterocycles. The highest BCUT2D eigenvalue weighted by molar-refractivity contribution is 6.00. The van der Waals surface area contributed by atoms with Crippen LogP contribution in [-0.2, 0) is 0 Å². The Labute approximate surface area is 132 Å². The minimum Gasteiger partial charge on any atom is -0.497 e. The largest absolute Gasteiger partial charge is 0.497 e. The van der Waals surface area contributed by atoms with Crippen LogP contribution in [0.1, 0.15) is 10.4 Å². The first-order valence-corrected chi connectivity index (χ1v) is 6.99. The average molecular weight is 306 g/mol. The van der Waals surface area contributed by atoms with Gasteiger partial charge in [-0.3, -0.25) is 0 Å². The van der Waals surface area contributed by atoms with Gasteiger partial charge in [-0.2, -0.15) is 5.11 Å². The van der Waals surface area contributed by atoms with Gasteiger partial charge in [-0.25, -0.2) is 4.79 Å². The van der Waals surface area contributed by atoms with Crippen LogP contribution in [0.25, 0.3) is 10.8 Å². The molecule has 0 spiro atoms. The SMILES string of the molecule is COc1ccc(N=Nc2cc3ccccc3cc2C(=O)O)cc1. The van der Waals surface area contributed by atoms with Gasteiger partial charge in [0.1, 0.15) is 11.4 Å². The highest BCUT2D eigenvalue weighted by Crippen LogP contribution is 2.28. The molecule has 0 bridgehead atoms. The van der Waals surface area contributed by atoms with Gasteiger partial charge in [0.05, 0.1) is 18.4 Å². The second kappa shape index (κ2) is 6.27. The maximum absolute atomic E-state index is 11.4. The summed E-state index contributed by atoms with van der Waals surface area (Å²) < 4.78 is 5.08. The van der Waals surface area contributed by atoms with E-state index in [1.165, 1.54) is 0 Å². The number of azo groups is 1. The van der Waals surface area contributed by atoms with Crippen LogP contribution in [0, 0.1) is 0 Å². The molecule has 0 fully saturated rings. The monoisotopic (exact) mass is 306 g/mol. The number of hydrogen-bond acceptors (Lipinski definition) is 4. The third-order valence-corrected chi connectivity index (χ3v) is 3.44. The average Bonchev–Trinajstić information content (AvgIpc) is 2.59. The maximum Gasteiger partial charge on any atom is 0.337 e. The van der Waals surface area contributed by atoms with Crippen LogP contribution in [0.5, 0.6) is 5.75 Å². The van der Waals surface area contributed by atoms with Gasteiger partial charge < -0.3 is 9.84 Å². The lowest BCUT2D eigenvalue weighted by molar-refractivity contribution is 0.0698. The number of hydrogen-bond donors (Lipinski definition) is 1. The van der Waals surface area contributed by atoms with Gasteiger partial charge in [0.2, 0.25) is 0 Å². The topological polar surface area (TPSA) is 71.2 Å². The summed E-state index contributed by atoms with van der Waals surface area (Å²) in [7, 11) is 1.59. The summed E-state index contributed by atoms with van der Waals surface area (Å²) in [4.78, 5) is 11.4. The lowest BCUT2D eigenvalue weighted by atomic mass is 10.1. The van der Waals surface area contributed by atoms with Gasteiger partial charge in [0, 0.05) is 0 Å². The molecule has 0 atom stereocenters. The van der Waals surface area contributed by atoms with Crippen molar-refractivity contribution in [2.75, 3.05) is 7.11 Å². The first-order chi connectivity index (χ1) is 11.2. The number of methoxy groups -OCH3 is 1. The number of fused-ring (bicyclic) bond motifs is 1. The van der Waals surface area contributed by atoms with Crippen molar-refractivity contribution < 1.29 is 14.6 Å². The summed E-state index contributed by atoms with van der Waals surface area (Å²) in [6.45, 7) is 0. The van der Waals surface area contributed by atoms with Gasteiger partial charge >= 0.3 is 5.97 Å². The van der Waals surface area contributed by atoms with Crippen LogP contribution >= 0.6 is 0 Å². The number of carbonyl (C=O) groups is 1. The van der Waals surface area contributed by atoms with Crippen molar-refractivity contribution >= 4 is 28.1 Å². The van der Waals surface area contributed by atoms with Crippen molar-refractivity contribution in [2.45, 2.75) is 0 Å². The van der Waals surface area contributed by atoms with Crippen LogP contribution in [0.4, 0.5) is 11.4 Å². The summed E-state index contributed by atoms with van der Waals surface area (Å²) in [5.41, 5.74) is 1.07. The predicted octanol–water partition coefficient (Wildman–Crippen LogP) is 4.96. The number of benzene rings is 3. The quantitative estimate of drug-likeness (QED) is 0.692. The van der Waals surface area contributed by atoms with Crippen LogP contribution < -0.4 is 4.74 Å². The molecule has 3 rings (SSSR count). The molecule has 1 N–H and O–H groups in total. The second-order valence-electron chi connectivity index (χ2n) is 4.92. The number of carboxylic acid groups (broad SMARTS) is 1. The molecule has 23 heavy (non-hydrogen) atoms. The van der Waals surface area contributed by atoms with E-state index in [0.717, 1.165) is 16.5 Å². The van der Waals surface area contributed by atoms with Crippen molar-refractivity contribution in [1.82, 2.24) is 0 Å². The van der Waals surface area contributed by atoms with Gasteiger partial charge in [0.25, 0.3) is 0 Å². The highest BCUT2D eigenvalue weighted by Gasteiger charge is 2.11. The van der Waals surface area contributed by atoms with Crippen LogP contribution in [0.2, 0.25) is 0 Å². The van der Waals surface area contributed by atoms with Crippen molar-refractivity contribution in [1.29, 1.82) is 0 Å². The fourth-order valence-corrected chi connectivity index (χ4v) is 2.24. The van der Waals surface area contributed by atoms with Crippen molar-refractivity contribution in [2.24, 2.45) is 10.2 Å². The molecule has 0 radical (unpaired) electrons. The van der Waals surface area contributed by atoms with E-state index in [4.69, 9.17) is 4.74 Å². The molecule has 0 unspecified atom stereocenters. The predicted molar refractivity (Wildman–Crippen MR) is 88.1 cm³/mol. The Balaban J connectivity index is 2.01. The first kappa shape index (κ1) is 14.7. The van der Waals surface area contributed by atoms with E-state index in [2.05, 4.69) is 10.2 Å². The zero-order valence-corrected chi connectivity index (χ0v) is 12.4. The third-order valence-electron chi connectivity index (χ3n) is 3.44. The molecule has 5 heteroatoms. The summed E-state index contributed by atoms with van der Waals surface area (Å²) in [6, 6.07) is 17.9. The Bertz CT molecular complexity index is 886. The van der Waals surface area contributed by atoms with Crippen molar-refractivity contribution in [3.63, 3.8) is 0 Å². The van der Waals surface area contributed by atoms with Gasteiger partial charge in [-0.05, 0) is 47.2 Å². The molecule has 5 nitrogen and oxygen atoms in total. The number of nitrogens with zero attached hydrogens (tertiary/aromatic N) is 2. The Morgan fingerprint density at radius 1 is 0.957 bits per heavy atom. The molecular formula is C18H14N2O3. The zero-order valence-electron chi connectivity index (χ0n) is 12.4. The molecule has 3 aromatic rings. The Morgan fingerprint density at radius 2 is 1.61 bits per heavy atom. The number of ether oxygens (including phenoxy) is 1. The van der Waals surface area contributed by atoms with E-state index < -0.39 is 5.97 Å². The lowest BCUT2D eigenvalue weighted by Crippen LogP contribution is -1.96. The standard InChI is InChI=1S/C18H14N2O3/c1-23-15-8-6-14(7-9-15)19-20-17-11-13-5-3-2-4-12(13)10-16(17)18(21)22/h2-11H,1H3,(H,21,22). The number of rotatable bonds is 4. The Hall–Kier alpha value is -3.21. The Morgan fingerprint density at radius 3 is 2.22 bits per heavy atom. The second-order valence-corrected chi connectivity index (χ2v) is 4.92. The van der Waals surface area contributed by atoms with Crippen LogP contribution in [-0.4, -0.2) is 18.2 Å². The molecule has 0 saturated heterocycles. The third kappa shape index (κ3) is 3.18. The smallest absolute Gasteiger partial charge is 0.337 e. The summed E-state index contributed by atoms with van der Waals surface area (Å²) >= 11 is 0. The normalized spacial score (nSPS) is 11.0. The maximum atomic E-state index is 11.4. The fraction of sp³-hybridized carbons (Fsp3) is 0.0556. The summed E-state index contributed by atoms with van der Waals surface area (Å²) in [5, 5.41) is 19.4. The number of carboxylic acids is 1. The first-order valence-electron chi connectivity index (χ1n) is 6.99. The van der Waals surface area contributed by atoms with E-state index >= 15 is 0 Å².